The molecule has 3 heterocycles. The molecule has 3 saturated heterocycles. The van der Waals surface area contributed by atoms with Crippen LogP contribution in [0.3, 0.4) is 0 Å². The summed E-state index contributed by atoms with van der Waals surface area (Å²) in [5, 5.41) is 2.49. The van der Waals surface area contributed by atoms with Gasteiger partial charge in [0.05, 0.1) is 5.16 Å². The Morgan fingerprint density at radius 2 is 2.09 bits per heavy atom. The van der Waals surface area contributed by atoms with E-state index in [4.69, 9.17) is 0 Å². The molecule has 0 aromatic rings. The molecular formula is C8H12N2S. The Bertz CT molecular complexity index is 190. The van der Waals surface area contributed by atoms with Crippen molar-refractivity contribution in [3.05, 3.63) is 0 Å². The van der Waals surface area contributed by atoms with Gasteiger partial charge in [-0.3, -0.25) is 4.90 Å². The van der Waals surface area contributed by atoms with Crippen molar-refractivity contribution in [3.8, 4) is 0 Å². The highest BCUT2D eigenvalue weighted by Crippen LogP contribution is 2.31. The zero-order valence-electron chi connectivity index (χ0n) is 6.49. The predicted octanol–water partition coefficient (Wildman–Crippen LogP) is 1.53. The van der Waals surface area contributed by atoms with Crippen LogP contribution in [-0.4, -0.2) is 29.3 Å². The molecule has 1 unspecified atom stereocenters. The molecule has 0 aliphatic carbocycles. The van der Waals surface area contributed by atoms with E-state index in [-0.39, 0.29) is 0 Å². The number of nitrogens with zero attached hydrogens (tertiary/aromatic N) is 2. The van der Waals surface area contributed by atoms with Crippen LogP contribution in [0.25, 0.3) is 0 Å². The predicted molar refractivity (Wildman–Crippen MR) is 47.7 cm³/mol. The van der Waals surface area contributed by atoms with Gasteiger partial charge in [-0.1, -0.05) is 0 Å². The van der Waals surface area contributed by atoms with Crippen LogP contribution < -0.4 is 0 Å². The number of hydrogen-bond acceptors (Lipinski definition) is 3. The maximum atomic E-state index is 4.61. The first kappa shape index (κ1) is 7.41. The van der Waals surface area contributed by atoms with Crippen LogP contribution >= 0.6 is 12.2 Å². The molecule has 3 rings (SSSR count). The Labute approximate surface area is 72.3 Å². The van der Waals surface area contributed by atoms with Gasteiger partial charge in [-0.15, -0.1) is 0 Å². The Morgan fingerprint density at radius 1 is 1.36 bits per heavy atom. The van der Waals surface area contributed by atoms with Crippen molar-refractivity contribution in [3.63, 3.8) is 0 Å². The monoisotopic (exact) mass is 168 g/mol. The van der Waals surface area contributed by atoms with Gasteiger partial charge >= 0.3 is 0 Å². The second kappa shape index (κ2) is 3.02. The third-order valence-electron chi connectivity index (χ3n) is 2.82. The van der Waals surface area contributed by atoms with Crippen LogP contribution in [0.2, 0.25) is 0 Å². The molecule has 0 aromatic heterocycles. The van der Waals surface area contributed by atoms with Crippen molar-refractivity contribution in [1.82, 2.24) is 4.90 Å². The van der Waals surface area contributed by atoms with Gasteiger partial charge in [0.25, 0.3) is 0 Å². The summed E-state index contributed by atoms with van der Waals surface area (Å²) >= 11 is 4.61. The van der Waals surface area contributed by atoms with E-state index in [2.05, 4.69) is 27.3 Å². The van der Waals surface area contributed by atoms with Crippen LogP contribution in [0, 0.1) is 5.92 Å². The molecule has 60 valence electrons. The van der Waals surface area contributed by atoms with E-state index < -0.39 is 0 Å². The van der Waals surface area contributed by atoms with Gasteiger partial charge in [-0.2, -0.15) is 0 Å². The van der Waals surface area contributed by atoms with E-state index in [1.165, 1.54) is 32.4 Å². The van der Waals surface area contributed by atoms with Crippen molar-refractivity contribution in [2.45, 2.75) is 25.4 Å². The van der Waals surface area contributed by atoms with Crippen LogP contribution in [0.4, 0.5) is 0 Å². The zero-order valence-corrected chi connectivity index (χ0v) is 7.31. The van der Waals surface area contributed by atoms with Gasteiger partial charge in [0.2, 0.25) is 0 Å². The number of piperidine rings is 3. The van der Waals surface area contributed by atoms with Gasteiger partial charge in [-0.05, 0) is 37.4 Å². The Morgan fingerprint density at radius 3 is 2.55 bits per heavy atom. The van der Waals surface area contributed by atoms with Gasteiger partial charge in [0.15, 0.2) is 0 Å². The number of aliphatic imine (C=N–C) groups is 1. The maximum Gasteiger partial charge on any atom is 0.113 e. The summed E-state index contributed by atoms with van der Waals surface area (Å²) in [5.74, 6) is 0.914. The summed E-state index contributed by atoms with van der Waals surface area (Å²) in [6, 6.07) is 0. The summed E-state index contributed by atoms with van der Waals surface area (Å²) in [4.78, 5) is 6.57. The number of isothiocyanates is 1. The molecule has 0 amide bonds. The molecular weight excluding hydrogens is 156 g/mol. The fourth-order valence-electron chi connectivity index (χ4n) is 2.13. The summed E-state index contributed by atoms with van der Waals surface area (Å²) < 4.78 is 0. The quantitative estimate of drug-likeness (QED) is 0.436. The lowest BCUT2D eigenvalue weighted by atomic mass is 9.86. The summed E-state index contributed by atoms with van der Waals surface area (Å²) in [7, 11) is 0. The normalized spacial score (nSPS) is 41.6. The van der Waals surface area contributed by atoms with Gasteiger partial charge < -0.3 is 0 Å². The standard InChI is InChI=1S/C8H12N2S/c11-6-9-8-5-7-1-3-10(8)4-2-7/h7-8H,1-5H2. The highest BCUT2D eigenvalue weighted by atomic mass is 32.1. The van der Waals surface area contributed by atoms with Crippen LogP contribution in [0.5, 0.6) is 0 Å². The van der Waals surface area contributed by atoms with E-state index in [1.807, 2.05) is 0 Å². The number of thiocarbonyl (C=S) groups is 1. The number of fused-ring (bicyclic) bond motifs is 3. The van der Waals surface area contributed by atoms with Gasteiger partial charge in [-0.25, -0.2) is 4.99 Å². The first-order valence-electron chi connectivity index (χ1n) is 4.21. The number of rotatable bonds is 1. The van der Waals surface area contributed by atoms with Gasteiger partial charge in [0.1, 0.15) is 6.17 Å². The highest BCUT2D eigenvalue weighted by molar-refractivity contribution is 7.78. The van der Waals surface area contributed by atoms with Crippen molar-refractivity contribution in [2.75, 3.05) is 13.1 Å². The van der Waals surface area contributed by atoms with E-state index in [0.717, 1.165) is 5.92 Å². The molecule has 3 heteroatoms. The molecule has 0 radical (unpaired) electrons. The topological polar surface area (TPSA) is 15.6 Å². The number of hydrogen-bond donors (Lipinski definition) is 0. The third-order valence-corrected chi connectivity index (χ3v) is 2.92. The Hall–Kier alpha value is -0.240. The van der Waals surface area contributed by atoms with Gasteiger partial charge in [0, 0.05) is 13.1 Å². The molecule has 3 aliphatic rings. The first-order chi connectivity index (χ1) is 5.40. The molecule has 0 aromatic carbocycles. The lowest BCUT2D eigenvalue weighted by molar-refractivity contribution is 0.0549. The fraction of sp³-hybridized carbons (Fsp3) is 0.875. The molecule has 0 saturated carbocycles. The van der Waals surface area contributed by atoms with Crippen LogP contribution in [0.15, 0.2) is 4.99 Å². The average Bonchev–Trinajstić information content (AvgIpc) is 2.07. The Kier molecular flexibility index (Phi) is 2.03. The molecule has 2 nitrogen and oxygen atoms in total. The molecule has 3 fully saturated rings. The molecule has 0 spiro atoms. The second-order valence-electron chi connectivity index (χ2n) is 3.42. The van der Waals surface area contributed by atoms with Crippen LogP contribution in [0.1, 0.15) is 19.3 Å². The highest BCUT2D eigenvalue weighted by Gasteiger charge is 2.32. The SMILES string of the molecule is S=C=NC1CC2CCN1CC2. The third kappa shape index (κ3) is 1.36. The smallest absolute Gasteiger partial charge is 0.113 e. The molecule has 0 N–H and O–H groups in total. The second-order valence-corrected chi connectivity index (χ2v) is 3.60. The van der Waals surface area contributed by atoms with Crippen LogP contribution in [-0.2, 0) is 0 Å². The minimum absolute atomic E-state index is 0.375. The minimum Gasteiger partial charge on any atom is -0.281 e. The van der Waals surface area contributed by atoms with E-state index in [1.54, 1.807) is 0 Å². The summed E-state index contributed by atoms with van der Waals surface area (Å²) in [5.41, 5.74) is 0. The minimum atomic E-state index is 0.375. The Balaban J connectivity index is 2.08. The van der Waals surface area contributed by atoms with Crippen molar-refractivity contribution in [1.29, 1.82) is 0 Å². The maximum absolute atomic E-state index is 4.61. The van der Waals surface area contributed by atoms with E-state index in [9.17, 15) is 0 Å². The zero-order chi connectivity index (χ0) is 7.68. The van der Waals surface area contributed by atoms with Crippen molar-refractivity contribution >= 4 is 17.4 Å². The molecule has 3 aliphatic heterocycles. The molecule has 11 heavy (non-hydrogen) atoms. The van der Waals surface area contributed by atoms with Crippen molar-refractivity contribution in [2.24, 2.45) is 10.9 Å². The van der Waals surface area contributed by atoms with E-state index >= 15 is 0 Å². The fourth-order valence-corrected chi connectivity index (χ4v) is 2.25. The first-order valence-corrected chi connectivity index (χ1v) is 4.62. The molecule has 2 bridgehead atoms. The summed E-state index contributed by atoms with van der Waals surface area (Å²) in [6.45, 7) is 2.44. The van der Waals surface area contributed by atoms with E-state index in [0.29, 0.717) is 6.17 Å². The lowest BCUT2D eigenvalue weighted by Crippen LogP contribution is -2.47. The molecule has 1 atom stereocenters. The largest absolute Gasteiger partial charge is 0.281 e. The van der Waals surface area contributed by atoms with Crippen molar-refractivity contribution < 1.29 is 0 Å². The lowest BCUT2D eigenvalue weighted by Gasteiger charge is -2.42. The average molecular weight is 168 g/mol. The summed E-state index contributed by atoms with van der Waals surface area (Å²) in [6.07, 6.45) is 4.32.